The van der Waals surface area contributed by atoms with Gasteiger partial charge in [0.1, 0.15) is 23.5 Å². The molecular formula is C23H28N2O4. The minimum Gasteiger partial charge on any atom is -0.497 e. The number of nitrogens with one attached hydrogen (secondary N) is 1. The van der Waals surface area contributed by atoms with Gasteiger partial charge in [0.05, 0.1) is 13.7 Å². The Bertz CT molecular complexity index is 859. The lowest BCUT2D eigenvalue weighted by atomic mass is 10.0. The summed E-state index contributed by atoms with van der Waals surface area (Å²) in [4.78, 5) is 27.6. The molecule has 1 N–H and O–H groups in total. The van der Waals surface area contributed by atoms with Crippen LogP contribution in [0, 0.1) is 12.3 Å². The molecule has 0 spiro atoms. The Morgan fingerprint density at radius 1 is 1.10 bits per heavy atom. The minimum absolute atomic E-state index is 0.126. The van der Waals surface area contributed by atoms with Crippen LogP contribution in [0.1, 0.15) is 25.3 Å². The zero-order valence-corrected chi connectivity index (χ0v) is 17.2. The van der Waals surface area contributed by atoms with Gasteiger partial charge in [0.15, 0.2) is 0 Å². The van der Waals surface area contributed by atoms with E-state index in [1.807, 2.05) is 62.4 Å². The zero-order valence-electron chi connectivity index (χ0n) is 17.2. The highest BCUT2D eigenvalue weighted by molar-refractivity contribution is 6.14. The van der Waals surface area contributed by atoms with Gasteiger partial charge in [-0.2, -0.15) is 0 Å². The van der Waals surface area contributed by atoms with Crippen molar-refractivity contribution in [3.63, 3.8) is 0 Å². The monoisotopic (exact) mass is 396 g/mol. The van der Waals surface area contributed by atoms with E-state index < -0.39 is 5.41 Å². The number of hydrogen-bond acceptors (Lipinski definition) is 4. The van der Waals surface area contributed by atoms with Crippen molar-refractivity contribution in [1.82, 2.24) is 5.32 Å². The molecule has 0 bridgehead atoms. The molecule has 1 saturated carbocycles. The molecule has 0 aromatic heterocycles. The summed E-state index contributed by atoms with van der Waals surface area (Å²) in [6.07, 6.45) is 1.17. The van der Waals surface area contributed by atoms with Gasteiger partial charge in [-0.3, -0.25) is 9.59 Å². The fourth-order valence-electron chi connectivity index (χ4n) is 3.34. The average molecular weight is 396 g/mol. The first kappa shape index (κ1) is 20.7. The predicted molar refractivity (Wildman–Crippen MR) is 112 cm³/mol. The molecule has 0 aliphatic heterocycles. The van der Waals surface area contributed by atoms with E-state index in [4.69, 9.17) is 9.47 Å². The highest BCUT2D eigenvalue weighted by Crippen LogP contribution is 2.48. The molecule has 6 heteroatoms. The molecule has 1 aliphatic rings. The van der Waals surface area contributed by atoms with Crippen LogP contribution in [0.3, 0.4) is 0 Å². The predicted octanol–water partition coefficient (Wildman–Crippen LogP) is 3.33. The normalized spacial score (nSPS) is 14.0. The van der Waals surface area contributed by atoms with Gasteiger partial charge < -0.3 is 19.7 Å². The van der Waals surface area contributed by atoms with Crippen molar-refractivity contribution < 1.29 is 19.1 Å². The third-order valence-corrected chi connectivity index (χ3v) is 5.18. The average Bonchev–Trinajstić information content (AvgIpc) is 3.54. The van der Waals surface area contributed by atoms with Crippen LogP contribution in [0.25, 0.3) is 0 Å². The topological polar surface area (TPSA) is 67.9 Å². The van der Waals surface area contributed by atoms with Crippen molar-refractivity contribution in [2.45, 2.75) is 26.7 Å². The first-order valence-electron chi connectivity index (χ1n) is 9.94. The summed E-state index contributed by atoms with van der Waals surface area (Å²) < 4.78 is 10.7. The Morgan fingerprint density at radius 2 is 1.79 bits per heavy atom. The van der Waals surface area contributed by atoms with Crippen LogP contribution in [0.2, 0.25) is 0 Å². The van der Waals surface area contributed by atoms with Gasteiger partial charge in [-0.15, -0.1) is 0 Å². The molecule has 6 nitrogen and oxygen atoms in total. The Labute approximate surface area is 171 Å². The van der Waals surface area contributed by atoms with Crippen molar-refractivity contribution in [1.29, 1.82) is 0 Å². The molecular weight excluding hydrogens is 368 g/mol. The third-order valence-electron chi connectivity index (χ3n) is 5.18. The van der Waals surface area contributed by atoms with E-state index in [2.05, 4.69) is 5.32 Å². The Hall–Kier alpha value is -3.02. The molecule has 0 unspecified atom stereocenters. The number of methoxy groups -OCH3 is 1. The SMILES string of the molecule is CCN(C(=O)C1(C(=O)NCCOc2ccc(OC)cc2)CC1)c1cccc(C)c1. The Morgan fingerprint density at radius 3 is 2.38 bits per heavy atom. The lowest BCUT2D eigenvalue weighted by Gasteiger charge is -2.26. The number of rotatable bonds is 9. The maximum Gasteiger partial charge on any atom is 0.242 e. The molecule has 29 heavy (non-hydrogen) atoms. The quantitative estimate of drug-likeness (QED) is 0.521. The minimum atomic E-state index is -0.945. The van der Waals surface area contributed by atoms with Gasteiger partial charge in [0.25, 0.3) is 0 Å². The van der Waals surface area contributed by atoms with Gasteiger partial charge in [0.2, 0.25) is 11.8 Å². The largest absolute Gasteiger partial charge is 0.497 e. The second kappa shape index (κ2) is 8.99. The molecule has 0 atom stereocenters. The number of carbonyl (C=O) groups is 2. The zero-order chi connectivity index (χ0) is 20.9. The van der Waals surface area contributed by atoms with Crippen LogP contribution < -0.4 is 19.7 Å². The number of ether oxygens (including phenoxy) is 2. The molecule has 1 fully saturated rings. The molecule has 2 amide bonds. The maximum atomic E-state index is 13.1. The molecule has 0 saturated heterocycles. The van der Waals surface area contributed by atoms with Crippen LogP contribution in [0.5, 0.6) is 11.5 Å². The maximum absolute atomic E-state index is 13.1. The summed E-state index contributed by atoms with van der Waals surface area (Å²) in [6.45, 7) is 5.12. The fraction of sp³-hybridized carbons (Fsp3) is 0.391. The number of carbonyl (C=O) groups excluding carboxylic acids is 2. The number of nitrogens with zero attached hydrogens (tertiary/aromatic N) is 1. The number of anilines is 1. The lowest BCUT2D eigenvalue weighted by Crippen LogP contribution is -2.46. The molecule has 0 heterocycles. The molecule has 154 valence electrons. The Balaban J connectivity index is 1.54. The first-order valence-corrected chi connectivity index (χ1v) is 9.94. The molecule has 3 rings (SSSR count). The van der Waals surface area contributed by atoms with Crippen molar-refractivity contribution in [3.8, 4) is 11.5 Å². The van der Waals surface area contributed by atoms with E-state index >= 15 is 0 Å². The van der Waals surface area contributed by atoms with Gasteiger partial charge in [0, 0.05) is 12.2 Å². The van der Waals surface area contributed by atoms with Crippen LogP contribution in [0.15, 0.2) is 48.5 Å². The van der Waals surface area contributed by atoms with Gasteiger partial charge in [-0.1, -0.05) is 12.1 Å². The van der Waals surface area contributed by atoms with Crippen molar-refractivity contribution >= 4 is 17.5 Å². The molecule has 2 aromatic carbocycles. The summed E-state index contributed by atoms with van der Waals surface area (Å²) in [6, 6.07) is 15.1. The van der Waals surface area contributed by atoms with E-state index in [0.29, 0.717) is 38.3 Å². The number of benzene rings is 2. The Kier molecular flexibility index (Phi) is 6.42. The van der Waals surface area contributed by atoms with Gasteiger partial charge in [-0.25, -0.2) is 0 Å². The smallest absolute Gasteiger partial charge is 0.242 e. The second-order valence-corrected chi connectivity index (χ2v) is 7.25. The van der Waals surface area contributed by atoms with Gasteiger partial charge >= 0.3 is 0 Å². The fourth-order valence-corrected chi connectivity index (χ4v) is 3.34. The summed E-state index contributed by atoms with van der Waals surface area (Å²) in [5, 5.41) is 2.86. The van der Waals surface area contributed by atoms with Crippen molar-refractivity contribution in [2.75, 3.05) is 31.7 Å². The summed E-state index contributed by atoms with van der Waals surface area (Å²) in [7, 11) is 1.61. The standard InChI is InChI=1S/C23H28N2O4/c1-4-25(18-7-5-6-17(2)16-18)22(27)23(12-13-23)21(26)24-14-15-29-20-10-8-19(28-3)9-11-20/h5-11,16H,4,12-15H2,1-3H3,(H,24,26). The molecule has 2 aromatic rings. The van der Waals surface area contributed by atoms with E-state index in [-0.39, 0.29) is 11.8 Å². The summed E-state index contributed by atoms with van der Waals surface area (Å²) >= 11 is 0. The van der Waals surface area contributed by atoms with E-state index in [1.54, 1.807) is 12.0 Å². The van der Waals surface area contributed by atoms with E-state index in [0.717, 1.165) is 17.0 Å². The molecule has 0 radical (unpaired) electrons. The summed E-state index contributed by atoms with van der Waals surface area (Å²) in [5.41, 5.74) is 0.970. The number of amides is 2. The molecule has 1 aliphatic carbocycles. The summed E-state index contributed by atoms with van der Waals surface area (Å²) in [5.74, 6) is 1.12. The van der Waals surface area contributed by atoms with Crippen LogP contribution in [-0.4, -0.2) is 38.6 Å². The van der Waals surface area contributed by atoms with Crippen LogP contribution in [-0.2, 0) is 9.59 Å². The van der Waals surface area contributed by atoms with Crippen molar-refractivity contribution in [2.24, 2.45) is 5.41 Å². The number of aryl methyl sites for hydroxylation is 1. The van der Waals surface area contributed by atoms with Crippen LogP contribution in [0.4, 0.5) is 5.69 Å². The van der Waals surface area contributed by atoms with Crippen LogP contribution >= 0.6 is 0 Å². The van der Waals surface area contributed by atoms with Gasteiger partial charge in [-0.05, 0) is 68.7 Å². The highest BCUT2D eigenvalue weighted by Gasteiger charge is 2.57. The van der Waals surface area contributed by atoms with Crippen molar-refractivity contribution in [3.05, 3.63) is 54.1 Å². The van der Waals surface area contributed by atoms with E-state index in [1.165, 1.54) is 0 Å². The highest BCUT2D eigenvalue weighted by atomic mass is 16.5. The second-order valence-electron chi connectivity index (χ2n) is 7.25. The van der Waals surface area contributed by atoms with E-state index in [9.17, 15) is 9.59 Å². The third kappa shape index (κ3) is 4.70. The number of hydrogen-bond donors (Lipinski definition) is 1. The lowest BCUT2D eigenvalue weighted by molar-refractivity contribution is -0.135. The first-order chi connectivity index (χ1) is 14.0.